The average molecular weight is 234 g/mol. The molecule has 0 aliphatic heterocycles. The predicted molar refractivity (Wildman–Crippen MR) is 65.0 cm³/mol. The predicted octanol–water partition coefficient (Wildman–Crippen LogP) is 2.61. The quantitative estimate of drug-likeness (QED) is 0.754. The van der Waals surface area contributed by atoms with Crippen molar-refractivity contribution in [2.75, 3.05) is 14.2 Å². The molecule has 2 rings (SSSR count). The maximum absolute atomic E-state index is 11.7. The number of methoxy groups -OCH3 is 2. The highest BCUT2D eigenvalue weighted by atomic mass is 16.5. The summed E-state index contributed by atoms with van der Waals surface area (Å²) in [4.78, 5) is 11.7. The van der Waals surface area contributed by atoms with E-state index >= 15 is 0 Å². The Hall–Kier alpha value is -1.51. The normalized spacial score (nSPS) is 25.2. The summed E-state index contributed by atoms with van der Waals surface area (Å²) in [5.74, 6) is 0.831. The monoisotopic (exact) mass is 234 g/mol. The van der Waals surface area contributed by atoms with Gasteiger partial charge in [0, 0.05) is 5.92 Å². The largest absolute Gasteiger partial charge is 0.496 e. The van der Waals surface area contributed by atoms with E-state index in [9.17, 15) is 4.79 Å². The van der Waals surface area contributed by atoms with E-state index in [1.54, 1.807) is 7.11 Å². The third-order valence-corrected chi connectivity index (χ3v) is 3.76. The zero-order valence-corrected chi connectivity index (χ0v) is 10.7. The van der Waals surface area contributed by atoms with Gasteiger partial charge in [0.25, 0.3) is 0 Å². The van der Waals surface area contributed by atoms with Crippen molar-refractivity contribution < 1.29 is 14.3 Å². The first-order chi connectivity index (χ1) is 8.04. The van der Waals surface area contributed by atoms with Gasteiger partial charge in [-0.2, -0.15) is 0 Å². The molecule has 1 fully saturated rings. The van der Waals surface area contributed by atoms with E-state index in [0.717, 1.165) is 11.3 Å². The zero-order valence-electron chi connectivity index (χ0n) is 10.7. The molecule has 3 heteroatoms. The molecule has 1 aliphatic carbocycles. The van der Waals surface area contributed by atoms with Crippen LogP contribution in [0.1, 0.15) is 25.3 Å². The van der Waals surface area contributed by atoms with Crippen LogP contribution in [0, 0.1) is 11.3 Å². The Morgan fingerprint density at radius 2 is 1.88 bits per heavy atom. The fourth-order valence-electron chi connectivity index (χ4n) is 2.71. The molecule has 0 heterocycles. The van der Waals surface area contributed by atoms with Gasteiger partial charge in [-0.1, -0.05) is 32.0 Å². The molecule has 2 unspecified atom stereocenters. The molecule has 1 aromatic carbocycles. The second kappa shape index (κ2) is 4.06. The Kier molecular flexibility index (Phi) is 2.86. The van der Waals surface area contributed by atoms with Crippen LogP contribution in [0.15, 0.2) is 24.3 Å². The summed E-state index contributed by atoms with van der Waals surface area (Å²) in [6, 6.07) is 7.86. The van der Waals surface area contributed by atoms with Crippen molar-refractivity contribution in [1.82, 2.24) is 0 Å². The summed E-state index contributed by atoms with van der Waals surface area (Å²) < 4.78 is 10.2. The molecule has 0 bridgehead atoms. The molecule has 1 aromatic rings. The van der Waals surface area contributed by atoms with Crippen LogP contribution >= 0.6 is 0 Å². The second-order valence-electron chi connectivity index (χ2n) is 5.04. The topological polar surface area (TPSA) is 35.5 Å². The average Bonchev–Trinajstić information content (AvgIpc) is 2.91. The van der Waals surface area contributed by atoms with Crippen molar-refractivity contribution in [3.05, 3.63) is 29.8 Å². The molecule has 1 saturated carbocycles. The van der Waals surface area contributed by atoms with Gasteiger partial charge < -0.3 is 9.47 Å². The van der Waals surface area contributed by atoms with Crippen LogP contribution in [-0.2, 0) is 9.53 Å². The van der Waals surface area contributed by atoms with Crippen LogP contribution in [0.4, 0.5) is 0 Å². The van der Waals surface area contributed by atoms with Crippen LogP contribution in [0.3, 0.4) is 0 Å². The Morgan fingerprint density at radius 3 is 2.47 bits per heavy atom. The van der Waals surface area contributed by atoms with Gasteiger partial charge in [0.2, 0.25) is 0 Å². The molecule has 3 nitrogen and oxygen atoms in total. The van der Waals surface area contributed by atoms with Crippen molar-refractivity contribution >= 4 is 5.97 Å². The van der Waals surface area contributed by atoms with E-state index in [1.165, 1.54) is 7.11 Å². The number of carbonyl (C=O) groups is 1. The summed E-state index contributed by atoms with van der Waals surface area (Å²) in [6.45, 7) is 4.18. The molecule has 0 aromatic heterocycles. The number of benzene rings is 1. The van der Waals surface area contributed by atoms with E-state index in [-0.39, 0.29) is 23.2 Å². The van der Waals surface area contributed by atoms with E-state index in [0.29, 0.717) is 0 Å². The summed E-state index contributed by atoms with van der Waals surface area (Å²) in [5.41, 5.74) is 1.04. The lowest BCUT2D eigenvalue weighted by Gasteiger charge is -2.08. The van der Waals surface area contributed by atoms with Gasteiger partial charge >= 0.3 is 5.97 Å². The van der Waals surface area contributed by atoms with E-state index in [4.69, 9.17) is 9.47 Å². The van der Waals surface area contributed by atoms with Crippen LogP contribution in [0.25, 0.3) is 0 Å². The fourth-order valence-corrected chi connectivity index (χ4v) is 2.71. The summed E-state index contributed by atoms with van der Waals surface area (Å²) in [7, 11) is 3.09. The molecule has 0 saturated heterocycles. The third kappa shape index (κ3) is 1.79. The minimum Gasteiger partial charge on any atom is -0.496 e. The molecule has 17 heavy (non-hydrogen) atoms. The molecule has 1 aliphatic rings. The Balaban J connectivity index is 2.33. The number of para-hydroxylation sites is 1. The number of esters is 1. The molecular weight excluding hydrogens is 216 g/mol. The van der Waals surface area contributed by atoms with Crippen LogP contribution in [-0.4, -0.2) is 20.2 Å². The number of hydrogen-bond acceptors (Lipinski definition) is 3. The maximum Gasteiger partial charge on any atom is 0.309 e. The first-order valence-corrected chi connectivity index (χ1v) is 5.74. The standard InChI is InChI=1S/C14H18O3/c1-14(2)11(12(14)13(15)17-4)9-7-5-6-8-10(9)16-3/h5-8,11-12H,1-4H3. The van der Waals surface area contributed by atoms with Gasteiger partial charge in [0.15, 0.2) is 0 Å². The first-order valence-electron chi connectivity index (χ1n) is 5.74. The van der Waals surface area contributed by atoms with E-state index in [2.05, 4.69) is 13.8 Å². The molecule has 0 spiro atoms. The van der Waals surface area contributed by atoms with Crippen molar-refractivity contribution in [2.24, 2.45) is 11.3 Å². The Morgan fingerprint density at radius 1 is 1.24 bits per heavy atom. The molecule has 0 N–H and O–H groups in total. The molecule has 0 amide bonds. The highest BCUT2D eigenvalue weighted by Gasteiger charge is 2.63. The second-order valence-corrected chi connectivity index (χ2v) is 5.04. The smallest absolute Gasteiger partial charge is 0.309 e. The molecule has 2 atom stereocenters. The van der Waals surface area contributed by atoms with Gasteiger partial charge in [-0.3, -0.25) is 4.79 Å². The fraction of sp³-hybridized carbons (Fsp3) is 0.500. The van der Waals surface area contributed by atoms with Crippen molar-refractivity contribution in [3.63, 3.8) is 0 Å². The van der Waals surface area contributed by atoms with Crippen LogP contribution < -0.4 is 4.74 Å². The van der Waals surface area contributed by atoms with Crippen molar-refractivity contribution in [1.29, 1.82) is 0 Å². The summed E-state index contributed by atoms with van der Waals surface area (Å²) in [6.07, 6.45) is 0. The summed E-state index contributed by atoms with van der Waals surface area (Å²) >= 11 is 0. The maximum atomic E-state index is 11.7. The molecule has 92 valence electrons. The Labute approximate surface area is 102 Å². The highest BCUT2D eigenvalue weighted by molar-refractivity contribution is 5.79. The van der Waals surface area contributed by atoms with Crippen molar-refractivity contribution in [2.45, 2.75) is 19.8 Å². The minimum atomic E-state index is -0.133. The van der Waals surface area contributed by atoms with Crippen LogP contribution in [0.5, 0.6) is 5.75 Å². The lowest BCUT2D eigenvalue weighted by atomic mass is 10.0. The zero-order chi connectivity index (χ0) is 12.6. The molecular formula is C14H18O3. The van der Waals surface area contributed by atoms with Gasteiger partial charge in [-0.15, -0.1) is 0 Å². The lowest BCUT2D eigenvalue weighted by Crippen LogP contribution is -2.07. The molecule has 0 radical (unpaired) electrons. The summed E-state index contributed by atoms with van der Waals surface area (Å²) in [5, 5.41) is 0. The first kappa shape index (κ1) is 12.0. The third-order valence-electron chi connectivity index (χ3n) is 3.76. The van der Waals surface area contributed by atoms with Crippen molar-refractivity contribution in [3.8, 4) is 5.75 Å². The SMILES string of the molecule is COC(=O)C1C(c2ccccc2OC)C1(C)C. The van der Waals surface area contributed by atoms with Gasteiger partial charge in [0.05, 0.1) is 20.1 Å². The van der Waals surface area contributed by atoms with E-state index in [1.807, 2.05) is 24.3 Å². The Bertz CT molecular complexity index is 437. The van der Waals surface area contributed by atoms with Gasteiger partial charge in [-0.25, -0.2) is 0 Å². The van der Waals surface area contributed by atoms with Crippen LogP contribution in [0.2, 0.25) is 0 Å². The number of rotatable bonds is 3. The van der Waals surface area contributed by atoms with Gasteiger partial charge in [-0.05, 0) is 17.0 Å². The number of ether oxygens (including phenoxy) is 2. The lowest BCUT2D eigenvalue weighted by molar-refractivity contribution is -0.143. The number of carbonyl (C=O) groups excluding carboxylic acids is 1. The number of hydrogen-bond donors (Lipinski definition) is 0. The minimum absolute atomic E-state index is 0.0538. The van der Waals surface area contributed by atoms with E-state index < -0.39 is 0 Å². The highest BCUT2D eigenvalue weighted by Crippen LogP contribution is 2.66. The van der Waals surface area contributed by atoms with Gasteiger partial charge in [0.1, 0.15) is 5.75 Å².